The third-order valence-electron chi connectivity index (χ3n) is 3.72. The Hall–Kier alpha value is -2.94. The predicted octanol–water partition coefficient (Wildman–Crippen LogP) is 3.69. The van der Waals surface area contributed by atoms with Crippen molar-refractivity contribution in [2.75, 3.05) is 0 Å². The molecule has 0 unspecified atom stereocenters. The minimum absolute atomic E-state index is 0.602. The molecule has 0 atom stereocenters. The fraction of sp³-hybridized carbons (Fsp3) is 0. The second kappa shape index (κ2) is 4.56. The summed E-state index contributed by atoms with van der Waals surface area (Å²) >= 11 is 0. The van der Waals surface area contributed by atoms with Crippen molar-refractivity contribution in [1.82, 2.24) is 4.98 Å². The fourth-order valence-corrected chi connectivity index (χ4v) is 2.74. The van der Waals surface area contributed by atoms with Crippen LogP contribution in [0.4, 0.5) is 0 Å². The van der Waals surface area contributed by atoms with Gasteiger partial charge >= 0.3 is 0 Å². The van der Waals surface area contributed by atoms with Crippen molar-refractivity contribution >= 4 is 21.5 Å². The maximum absolute atomic E-state index is 12.4. The first-order valence-corrected chi connectivity index (χ1v) is 6.79. The zero-order chi connectivity index (χ0) is 14.2. The molecule has 0 fully saturated rings. The molecule has 4 aromatic rings. The van der Waals surface area contributed by atoms with Crippen LogP contribution >= 0.6 is 0 Å². The van der Waals surface area contributed by atoms with Gasteiger partial charge in [-0.15, -0.1) is 0 Å². The molecule has 2 aromatic carbocycles. The van der Waals surface area contributed by atoms with Crippen LogP contribution in [0.15, 0.2) is 73.1 Å². The van der Waals surface area contributed by atoms with Gasteiger partial charge in [0.1, 0.15) is 5.69 Å². The molecule has 0 amide bonds. The molecule has 0 spiro atoms. The summed E-state index contributed by atoms with van der Waals surface area (Å²) in [5, 5.41) is 16.4. The molecule has 100 valence electrons. The molecule has 0 aliphatic carbocycles. The van der Waals surface area contributed by atoms with E-state index >= 15 is 0 Å². The Kier molecular flexibility index (Phi) is 2.57. The predicted molar refractivity (Wildman–Crippen MR) is 83.6 cm³/mol. The standard InChI is InChI=1S/C18H12N2O/c21-20-12-10-14-6-2-4-8-16(14)18(20)17-15-7-3-1-5-13(15)9-11-19-17/h1-12H. The van der Waals surface area contributed by atoms with Crippen molar-refractivity contribution < 1.29 is 4.73 Å². The lowest BCUT2D eigenvalue weighted by atomic mass is 10.0. The Labute approximate surface area is 121 Å². The Morgan fingerprint density at radius 3 is 2.24 bits per heavy atom. The van der Waals surface area contributed by atoms with Crippen LogP contribution < -0.4 is 4.73 Å². The van der Waals surface area contributed by atoms with Gasteiger partial charge in [-0.25, -0.2) is 4.98 Å². The molecule has 3 heteroatoms. The van der Waals surface area contributed by atoms with Gasteiger partial charge in [0, 0.05) is 17.6 Å². The third-order valence-corrected chi connectivity index (χ3v) is 3.72. The van der Waals surface area contributed by atoms with Crippen LogP contribution in [0.5, 0.6) is 0 Å². The second-order valence-corrected chi connectivity index (χ2v) is 4.96. The number of aromatic nitrogens is 2. The van der Waals surface area contributed by atoms with Gasteiger partial charge in [-0.2, -0.15) is 4.73 Å². The molecule has 4 rings (SSSR count). The topological polar surface area (TPSA) is 39.8 Å². The fourth-order valence-electron chi connectivity index (χ4n) is 2.74. The summed E-state index contributed by atoms with van der Waals surface area (Å²) in [5.41, 5.74) is 1.32. The lowest BCUT2D eigenvalue weighted by Crippen LogP contribution is -2.29. The summed E-state index contributed by atoms with van der Waals surface area (Å²) in [6.07, 6.45) is 3.29. The largest absolute Gasteiger partial charge is 0.618 e. The average molecular weight is 272 g/mol. The molecule has 0 saturated carbocycles. The molecule has 0 N–H and O–H groups in total. The molecule has 0 aliphatic heterocycles. The van der Waals surface area contributed by atoms with Gasteiger partial charge in [-0.05, 0) is 22.9 Å². The SMILES string of the molecule is [O-][n+]1ccc2ccccc2c1-c1nccc2ccccc12. The van der Waals surface area contributed by atoms with E-state index < -0.39 is 0 Å². The van der Waals surface area contributed by atoms with Crippen molar-refractivity contribution in [2.45, 2.75) is 0 Å². The summed E-state index contributed by atoms with van der Waals surface area (Å²) in [4.78, 5) is 4.47. The van der Waals surface area contributed by atoms with E-state index in [9.17, 15) is 5.21 Å². The van der Waals surface area contributed by atoms with E-state index in [2.05, 4.69) is 4.98 Å². The Bertz CT molecular complexity index is 958. The highest BCUT2D eigenvalue weighted by Gasteiger charge is 2.17. The van der Waals surface area contributed by atoms with Gasteiger partial charge in [-0.3, -0.25) is 0 Å². The van der Waals surface area contributed by atoms with Crippen molar-refractivity contribution in [3.63, 3.8) is 0 Å². The van der Waals surface area contributed by atoms with E-state index in [-0.39, 0.29) is 0 Å². The second-order valence-electron chi connectivity index (χ2n) is 4.96. The summed E-state index contributed by atoms with van der Waals surface area (Å²) < 4.78 is 0.900. The van der Waals surface area contributed by atoms with Gasteiger partial charge in [0.15, 0.2) is 6.20 Å². The Balaban J connectivity index is 2.16. The summed E-state index contributed by atoms with van der Waals surface area (Å²) in [5.74, 6) is 0. The molecule has 0 aliphatic rings. The Morgan fingerprint density at radius 2 is 1.43 bits per heavy atom. The van der Waals surface area contributed by atoms with Crippen LogP contribution in [-0.2, 0) is 0 Å². The zero-order valence-corrected chi connectivity index (χ0v) is 11.2. The van der Waals surface area contributed by atoms with E-state index in [0.29, 0.717) is 5.69 Å². The first-order chi connectivity index (χ1) is 10.3. The minimum atomic E-state index is 0.602. The van der Waals surface area contributed by atoms with E-state index in [0.717, 1.165) is 32.0 Å². The molecule has 0 bridgehead atoms. The Morgan fingerprint density at radius 1 is 0.762 bits per heavy atom. The van der Waals surface area contributed by atoms with Crippen LogP contribution in [0.2, 0.25) is 0 Å². The molecule has 2 heterocycles. The maximum atomic E-state index is 12.4. The summed E-state index contributed by atoms with van der Waals surface area (Å²) in [7, 11) is 0. The molecule has 3 nitrogen and oxygen atoms in total. The van der Waals surface area contributed by atoms with Crippen LogP contribution in [0.3, 0.4) is 0 Å². The highest BCUT2D eigenvalue weighted by molar-refractivity contribution is 6.00. The van der Waals surface area contributed by atoms with Gasteiger partial charge in [-0.1, -0.05) is 42.5 Å². The highest BCUT2D eigenvalue weighted by atomic mass is 16.5. The monoisotopic (exact) mass is 272 g/mol. The van der Waals surface area contributed by atoms with Crippen molar-refractivity contribution in [3.8, 4) is 11.4 Å². The molecule has 2 aromatic heterocycles. The molecular weight excluding hydrogens is 260 g/mol. The van der Waals surface area contributed by atoms with E-state index in [1.165, 1.54) is 0 Å². The maximum Gasteiger partial charge on any atom is 0.250 e. The number of hydrogen-bond acceptors (Lipinski definition) is 2. The minimum Gasteiger partial charge on any atom is -0.618 e. The zero-order valence-electron chi connectivity index (χ0n) is 11.2. The van der Waals surface area contributed by atoms with E-state index in [1.54, 1.807) is 12.4 Å². The van der Waals surface area contributed by atoms with Crippen molar-refractivity contribution in [2.24, 2.45) is 0 Å². The number of rotatable bonds is 1. The van der Waals surface area contributed by atoms with Crippen molar-refractivity contribution in [1.29, 1.82) is 0 Å². The number of fused-ring (bicyclic) bond motifs is 2. The van der Waals surface area contributed by atoms with E-state index in [4.69, 9.17) is 0 Å². The van der Waals surface area contributed by atoms with Crippen LogP contribution in [0, 0.1) is 5.21 Å². The summed E-state index contributed by atoms with van der Waals surface area (Å²) in [6, 6.07) is 19.6. The number of pyridine rings is 2. The number of benzene rings is 2. The first-order valence-electron chi connectivity index (χ1n) is 6.79. The molecule has 21 heavy (non-hydrogen) atoms. The van der Waals surface area contributed by atoms with Crippen LogP contribution in [-0.4, -0.2) is 4.98 Å². The number of hydrogen-bond donors (Lipinski definition) is 0. The molecule has 0 radical (unpaired) electrons. The van der Waals surface area contributed by atoms with Gasteiger partial charge in [0.25, 0.3) is 5.69 Å². The molecule has 0 saturated heterocycles. The normalized spacial score (nSPS) is 11.0. The quantitative estimate of drug-likeness (QED) is 0.391. The highest BCUT2D eigenvalue weighted by Crippen LogP contribution is 2.29. The van der Waals surface area contributed by atoms with Gasteiger partial charge in [0.2, 0.25) is 0 Å². The lowest BCUT2D eigenvalue weighted by Gasteiger charge is -2.09. The van der Waals surface area contributed by atoms with Crippen LogP contribution in [0.25, 0.3) is 32.9 Å². The molecular formula is C18H12N2O. The van der Waals surface area contributed by atoms with E-state index in [1.807, 2.05) is 60.7 Å². The number of nitrogens with zero attached hydrogens (tertiary/aromatic N) is 2. The van der Waals surface area contributed by atoms with Gasteiger partial charge in [0.05, 0.1) is 5.39 Å². The smallest absolute Gasteiger partial charge is 0.250 e. The summed E-state index contributed by atoms with van der Waals surface area (Å²) in [6.45, 7) is 0. The third kappa shape index (κ3) is 1.82. The van der Waals surface area contributed by atoms with Crippen molar-refractivity contribution in [3.05, 3.63) is 78.3 Å². The van der Waals surface area contributed by atoms with Gasteiger partial charge < -0.3 is 5.21 Å². The van der Waals surface area contributed by atoms with Crippen LogP contribution in [0.1, 0.15) is 0 Å². The first kappa shape index (κ1) is 11.9. The lowest BCUT2D eigenvalue weighted by molar-refractivity contribution is -0.592. The average Bonchev–Trinajstić information content (AvgIpc) is 2.54.